The molecule has 1 heterocycles. The molecule has 2 aliphatic rings. The summed E-state index contributed by atoms with van der Waals surface area (Å²) >= 11 is 0. The number of ether oxygens (including phenoxy) is 2. The zero-order valence-electron chi connectivity index (χ0n) is 16.3. The Balaban J connectivity index is 0.00000261. The third-order valence-electron chi connectivity index (χ3n) is 5.37. The van der Waals surface area contributed by atoms with Crippen LogP contribution in [0.5, 0.6) is 11.5 Å². The Morgan fingerprint density at radius 1 is 1.26 bits per heavy atom. The lowest BCUT2D eigenvalue weighted by Crippen LogP contribution is -2.42. The maximum atomic E-state index is 10.3. The molecule has 152 valence electrons. The van der Waals surface area contributed by atoms with Crippen LogP contribution < -0.4 is 20.1 Å². The number of nitrogens with one attached hydrogen (secondary N) is 2. The lowest BCUT2D eigenvalue weighted by atomic mass is 9.73. The van der Waals surface area contributed by atoms with Crippen LogP contribution in [0.1, 0.15) is 45.1 Å². The number of rotatable bonds is 6. The SMILES string of the molecule is CCNC(=NCC1(C)CCCCC1O)NCCc1ccc2c(c1)OCO2.I. The molecule has 2 unspecified atom stereocenters. The molecule has 0 saturated heterocycles. The molecule has 1 aliphatic heterocycles. The van der Waals surface area contributed by atoms with Crippen LogP contribution in [0.3, 0.4) is 0 Å². The van der Waals surface area contributed by atoms with Gasteiger partial charge in [-0.1, -0.05) is 25.8 Å². The van der Waals surface area contributed by atoms with Crippen molar-refractivity contribution >= 4 is 29.9 Å². The van der Waals surface area contributed by atoms with Gasteiger partial charge in [-0.2, -0.15) is 0 Å². The molecule has 0 spiro atoms. The van der Waals surface area contributed by atoms with Crippen molar-refractivity contribution in [2.75, 3.05) is 26.4 Å². The summed E-state index contributed by atoms with van der Waals surface area (Å²) in [4.78, 5) is 4.74. The van der Waals surface area contributed by atoms with Gasteiger partial charge in [-0.05, 0) is 43.9 Å². The van der Waals surface area contributed by atoms with Gasteiger partial charge in [-0.15, -0.1) is 24.0 Å². The van der Waals surface area contributed by atoms with Crippen LogP contribution in [-0.4, -0.2) is 43.6 Å². The molecule has 1 fully saturated rings. The maximum absolute atomic E-state index is 10.3. The summed E-state index contributed by atoms with van der Waals surface area (Å²) in [5.74, 6) is 2.45. The minimum atomic E-state index is -0.253. The highest BCUT2D eigenvalue weighted by Crippen LogP contribution is 2.36. The van der Waals surface area contributed by atoms with E-state index < -0.39 is 0 Å². The third kappa shape index (κ3) is 5.88. The van der Waals surface area contributed by atoms with E-state index in [9.17, 15) is 5.11 Å². The fraction of sp³-hybridized carbons (Fsp3) is 0.650. The second-order valence-electron chi connectivity index (χ2n) is 7.48. The molecule has 1 aromatic rings. The standard InChI is InChI=1S/C20H31N3O3.HI/c1-3-21-19(23-13-20(2)10-5-4-6-18(20)24)22-11-9-15-7-8-16-17(12-15)26-14-25-16;/h7-8,12,18,24H,3-6,9-11,13-14H2,1-2H3,(H2,21,22,23);1H. The highest BCUT2D eigenvalue weighted by atomic mass is 127. The van der Waals surface area contributed by atoms with E-state index in [0.717, 1.165) is 56.2 Å². The molecule has 1 saturated carbocycles. The van der Waals surface area contributed by atoms with Gasteiger partial charge in [-0.3, -0.25) is 4.99 Å². The number of guanidine groups is 1. The van der Waals surface area contributed by atoms with E-state index in [4.69, 9.17) is 14.5 Å². The lowest BCUT2D eigenvalue weighted by molar-refractivity contribution is 0.00716. The second kappa shape index (κ2) is 10.4. The highest BCUT2D eigenvalue weighted by Gasteiger charge is 2.35. The van der Waals surface area contributed by atoms with E-state index >= 15 is 0 Å². The zero-order valence-corrected chi connectivity index (χ0v) is 18.6. The molecule has 1 aliphatic carbocycles. The number of benzene rings is 1. The molecule has 0 radical (unpaired) electrons. The Kier molecular flexibility index (Phi) is 8.47. The van der Waals surface area contributed by atoms with Gasteiger partial charge in [0.1, 0.15) is 0 Å². The first kappa shape index (κ1) is 22.1. The number of aliphatic imine (C=N–C) groups is 1. The molecular weight excluding hydrogens is 457 g/mol. The Bertz CT molecular complexity index is 641. The van der Waals surface area contributed by atoms with Gasteiger partial charge >= 0.3 is 0 Å². The van der Waals surface area contributed by atoms with Crippen molar-refractivity contribution in [2.45, 2.75) is 52.1 Å². The molecule has 3 N–H and O–H groups in total. The summed E-state index contributed by atoms with van der Waals surface area (Å²) in [6, 6.07) is 6.06. The molecule has 0 amide bonds. The van der Waals surface area contributed by atoms with Crippen LogP contribution in [0.4, 0.5) is 0 Å². The minimum Gasteiger partial charge on any atom is -0.454 e. The fourth-order valence-corrected chi connectivity index (χ4v) is 3.59. The molecule has 0 aromatic heterocycles. The number of nitrogens with zero attached hydrogens (tertiary/aromatic N) is 1. The molecule has 7 heteroatoms. The molecule has 6 nitrogen and oxygen atoms in total. The van der Waals surface area contributed by atoms with Crippen molar-refractivity contribution in [1.29, 1.82) is 0 Å². The number of fused-ring (bicyclic) bond motifs is 1. The minimum absolute atomic E-state index is 0. The topological polar surface area (TPSA) is 75.1 Å². The molecular formula is C20H32IN3O3. The summed E-state index contributed by atoms with van der Waals surface area (Å²) in [5.41, 5.74) is 1.09. The van der Waals surface area contributed by atoms with Crippen molar-refractivity contribution in [1.82, 2.24) is 10.6 Å². The monoisotopic (exact) mass is 489 g/mol. The Morgan fingerprint density at radius 3 is 2.85 bits per heavy atom. The molecule has 0 bridgehead atoms. The summed E-state index contributed by atoms with van der Waals surface area (Å²) in [6.07, 6.45) is 4.84. The number of halogens is 1. The van der Waals surface area contributed by atoms with Gasteiger partial charge in [0.2, 0.25) is 6.79 Å². The Morgan fingerprint density at radius 2 is 2.07 bits per heavy atom. The average Bonchev–Trinajstić information content (AvgIpc) is 3.10. The van der Waals surface area contributed by atoms with Crippen LogP contribution in [0.15, 0.2) is 23.2 Å². The normalized spacial score (nSPS) is 24.3. The summed E-state index contributed by atoms with van der Waals surface area (Å²) in [6.45, 7) is 6.76. The number of hydrogen-bond donors (Lipinski definition) is 3. The van der Waals surface area contributed by atoms with Crippen LogP contribution in [0.2, 0.25) is 0 Å². The van der Waals surface area contributed by atoms with Gasteiger partial charge in [0.05, 0.1) is 12.6 Å². The van der Waals surface area contributed by atoms with Crippen molar-refractivity contribution in [3.05, 3.63) is 23.8 Å². The average molecular weight is 489 g/mol. The van der Waals surface area contributed by atoms with Crippen LogP contribution >= 0.6 is 24.0 Å². The van der Waals surface area contributed by atoms with Gasteiger partial charge in [0.15, 0.2) is 17.5 Å². The van der Waals surface area contributed by atoms with E-state index in [0.29, 0.717) is 13.3 Å². The molecule has 3 rings (SSSR count). The van der Waals surface area contributed by atoms with Crippen molar-refractivity contribution < 1.29 is 14.6 Å². The van der Waals surface area contributed by atoms with E-state index in [1.807, 2.05) is 12.1 Å². The summed E-state index contributed by atoms with van der Waals surface area (Å²) in [7, 11) is 0. The van der Waals surface area contributed by atoms with Gasteiger partial charge in [-0.25, -0.2) is 0 Å². The van der Waals surface area contributed by atoms with Crippen LogP contribution in [0, 0.1) is 5.41 Å². The number of aliphatic hydroxyl groups is 1. The molecule has 2 atom stereocenters. The van der Waals surface area contributed by atoms with E-state index in [2.05, 4.69) is 30.5 Å². The quantitative estimate of drug-likeness (QED) is 0.326. The predicted molar refractivity (Wildman–Crippen MR) is 118 cm³/mol. The third-order valence-corrected chi connectivity index (χ3v) is 5.37. The van der Waals surface area contributed by atoms with E-state index in [1.165, 1.54) is 12.0 Å². The second-order valence-corrected chi connectivity index (χ2v) is 7.48. The van der Waals surface area contributed by atoms with E-state index in [-0.39, 0.29) is 35.5 Å². The van der Waals surface area contributed by atoms with Gasteiger partial charge in [0, 0.05) is 18.5 Å². The largest absolute Gasteiger partial charge is 0.454 e. The van der Waals surface area contributed by atoms with Crippen molar-refractivity contribution in [3.8, 4) is 11.5 Å². The van der Waals surface area contributed by atoms with Crippen molar-refractivity contribution in [3.63, 3.8) is 0 Å². The maximum Gasteiger partial charge on any atom is 0.231 e. The van der Waals surface area contributed by atoms with Crippen LogP contribution in [0.25, 0.3) is 0 Å². The first-order valence-corrected chi connectivity index (χ1v) is 9.69. The fourth-order valence-electron chi connectivity index (χ4n) is 3.59. The van der Waals surface area contributed by atoms with Gasteiger partial charge < -0.3 is 25.2 Å². The van der Waals surface area contributed by atoms with Crippen LogP contribution in [-0.2, 0) is 6.42 Å². The first-order valence-electron chi connectivity index (χ1n) is 9.69. The predicted octanol–water partition coefficient (Wildman–Crippen LogP) is 3.07. The lowest BCUT2D eigenvalue weighted by Gasteiger charge is -2.37. The number of hydrogen-bond acceptors (Lipinski definition) is 4. The Labute approximate surface area is 179 Å². The summed E-state index contributed by atoms with van der Waals surface area (Å²) in [5, 5.41) is 17.0. The first-order chi connectivity index (χ1) is 12.6. The molecule has 27 heavy (non-hydrogen) atoms. The Hall–Kier alpha value is -1.22. The summed E-state index contributed by atoms with van der Waals surface area (Å²) < 4.78 is 10.8. The smallest absolute Gasteiger partial charge is 0.231 e. The van der Waals surface area contributed by atoms with Crippen molar-refractivity contribution in [2.24, 2.45) is 10.4 Å². The van der Waals surface area contributed by atoms with Gasteiger partial charge in [0.25, 0.3) is 0 Å². The van der Waals surface area contributed by atoms with E-state index in [1.54, 1.807) is 0 Å². The highest BCUT2D eigenvalue weighted by molar-refractivity contribution is 14.0. The zero-order chi connectivity index (χ0) is 18.4. The number of aliphatic hydroxyl groups excluding tert-OH is 1. The molecule has 1 aromatic carbocycles.